The molecule has 0 bridgehead atoms. The van der Waals surface area contributed by atoms with Crippen LogP contribution in [0.1, 0.15) is 0 Å². The van der Waals surface area contributed by atoms with Gasteiger partial charge in [0.25, 0.3) is 0 Å². The summed E-state index contributed by atoms with van der Waals surface area (Å²) in [7, 11) is 0. The minimum atomic E-state index is 1.09. The van der Waals surface area contributed by atoms with Gasteiger partial charge in [-0.3, -0.25) is 9.24 Å². The largest absolute Gasteiger partial charge is 0.302 e. The summed E-state index contributed by atoms with van der Waals surface area (Å²) in [5.74, 6) is 2.20. The van der Waals surface area contributed by atoms with Crippen molar-refractivity contribution in [3.05, 3.63) is 134 Å². The normalized spacial score (nSPS) is 11.9. The maximum absolute atomic E-state index is 2.39. The Labute approximate surface area is 207 Å². The highest BCUT2D eigenvalue weighted by Gasteiger charge is 2.20. The van der Waals surface area contributed by atoms with Gasteiger partial charge in [-0.2, -0.15) is 0 Å². The van der Waals surface area contributed by atoms with E-state index in [2.05, 4.69) is 152 Å². The van der Waals surface area contributed by atoms with Crippen LogP contribution < -0.4 is 0 Å². The molecular formula is C32H22N4. The van der Waals surface area contributed by atoms with Crippen LogP contribution in [0.4, 0.5) is 0 Å². The summed E-state index contributed by atoms with van der Waals surface area (Å²) in [4.78, 5) is 0. The van der Waals surface area contributed by atoms with Crippen LogP contribution >= 0.6 is 0 Å². The van der Waals surface area contributed by atoms with Crippen molar-refractivity contribution in [3.8, 4) is 11.6 Å². The van der Waals surface area contributed by atoms with Crippen molar-refractivity contribution in [3.63, 3.8) is 0 Å². The van der Waals surface area contributed by atoms with Crippen LogP contribution in [-0.2, 0) is 0 Å². The van der Waals surface area contributed by atoms with E-state index in [1.54, 1.807) is 0 Å². The van der Waals surface area contributed by atoms with E-state index in [0.29, 0.717) is 0 Å². The third-order valence-electron chi connectivity index (χ3n) is 7.23. The molecule has 8 aromatic rings. The van der Waals surface area contributed by atoms with Crippen molar-refractivity contribution < 1.29 is 0 Å². The zero-order chi connectivity index (χ0) is 23.6. The number of benzene rings is 4. The summed E-state index contributed by atoms with van der Waals surface area (Å²) in [6, 6.07) is 43.3. The van der Waals surface area contributed by atoms with E-state index >= 15 is 0 Å². The topological polar surface area (TPSA) is 19.7 Å². The van der Waals surface area contributed by atoms with E-state index in [1.165, 1.54) is 38.1 Å². The number of para-hydroxylation sites is 4. The van der Waals surface area contributed by atoms with E-state index in [9.17, 15) is 0 Å². The highest BCUT2D eigenvalue weighted by Crippen LogP contribution is 2.33. The van der Waals surface area contributed by atoms with Gasteiger partial charge in [-0.1, -0.05) is 72.8 Å². The van der Waals surface area contributed by atoms with E-state index in [0.717, 1.165) is 17.2 Å². The molecular weight excluding hydrogens is 440 g/mol. The summed E-state index contributed by atoms with van der Waals surface area (Å²) in [6.07, 6.45) is 4.34. The van der Waals surface area contributed by atoms with Crippen molar-refractivity contribution in [1.29, 1.82) is 0 Å². The fourth-order valence-electron chi connectivity index (χ4n) is 5.60. The van der Waals surface area contributed by atoms with Crippen molar-refractivity contribution in [1.82, 2.24) is 18.5 Å². The van der Waals surface area contributed by atoms with Gasteiger partial charge < -0.3 is 4.57 Å². The van der Waals surface area contributed by atoms with Gasteiger partial charge in [0, 0.05) is 28.6 Å². The zero-order valence-electron chi connectivity index (χ0n) is 19.5. The molecule has 0 unspecified atom stereocenters. The molecule has 0 saturated carbocycles. The van der Waals surface area contributed by atoms with Gasteiger partial charge in [-0.25, -0.2) is 4.68 Å². The number of fused-ring (bicyclic) bond motifs is 4. The van der Waals surface area contributed by atoms with Crippen LogP contribution in [0, 0.1) is 0 Å². The van der Waals surface area contributed by atoms with Gasteiger partial charge in [-0.15, -0.1) is 0 Å². The Kier molecular flexibility index (Phi) is 3.91. The lowest BCUT2D eigenvalue weighted by atomic mass is 10.2. The number of hydrogen-bond acceptors (Lipinski definition) is 0. The minimum Gasteiger partial charge on any atom is -0.302 e. The monoisotopic (exact) mass is 462 g/mol. The minimum absolute atomic E-state index is 1.09. The van der Waals surface area contributed by atoms with Gasteiger partial charge in [-0.05, 0) is 53.9 Å². The van der Waals surface area contributed by atoms with Gasteiger partial charge in [0.1, 0.15) is 11.6 Å². The summed E-state index contributed by atoms with van der Waals surface area (Å²) in [5, 5.41) is 4.85. The summed E-state index contributed by atoms with van der Waals surface area (Å²) < 4.78 is 9.28. The molecule has 0 amide bonds. The molecule has 170 valence electrons. The van der Waals surface area contributed by atoms with Gasteiger partial charge in [0.15, 0.2) is 0 Å². The molecule has 0 radical (unpaired) electrons. The lowest BCUT2D eigenvalue weighted by Gasteiger charge is -2.18. The van der Waals surface area contributed by atoms with E-state index in [4.69, 9.17) is 0 Å². The molecule has 0 spiro atoms. The molecule has 0 aliphatic rings. The Hall–Kier alpha value is -4.96. The van der Waals surface area contributed by atoms with Crippen LogP contribution in [0.2, 0.25) is 0 Å². The van der Waals surface area contributed by atoms with Crippen molar-refractivity contribution in [2.45, 2.75) is 0 Å². The zero-order valence-corrected chi connectivity index (χ0v) is 19.5. The maximum atomic E-state index is 2.39. The second kappa shape index (κ2) is 7.27. The molecule has 0 aliphatic carbocycles. The summed E-state index contributed by atoms with van der Waals surface area (Å²) in [6.45, 7) is 0. The van der Waals surface area contributed by atoms with Crippen LogP contribution in [0.25, 0.3) is 55.2 Å². The molecule has 8 rings (SSSR count). The van der Waals surface area contributed by atoms with Crippen molar-refractivity contribution in [2.24, 2.45) is 0 Å². The molecule has 0 atom stereocenters. The highest BCUT2D eigenvalue weighted by atomic mass is 15.5. The smallest absolute Gasteiger partial charge is 0.140 e. The first-order chi connectivity index (χ1) is 17.9. The van der Waals surface area contributed by atoms with Crippen LogP contribution in [0.3, 0.4) is 0 Å². The van der Waals surface area contributed by atoms with Gasteiger partial charge in [0.2, 0.25) is 0 Å². The third kappa shape index (κ3) is 2.64. The average Bonchev–Trinajstić information content (AvgIpc) is 3.69. The third-order valence-corrected chi connectivity index (χ3v) is 7.23. The molecule has 4 heterocycles. The Balaban J connectivity index is 1.53. The molecule has 0 saturated heterocycles. The van der Waals surface area contributed by atoms with E-state index in [1.807, 2.05) is 0 Å². The lowest BCUT2D eigenvalue weighted by molar-refractivity contribution is 0.691. The Bertz CT molecular complexity index is 2060. The Morgan fingerprint density at radius 3 is 1.69 bits per heavy atom. The SMILES string of the molecule is c1ccc2c(c1)ccn2-c1cc2ccccc2n1-c1cc2ccccc2n1-n1ccc2ccccc21. The quantitative estimate of drug-likeness (QED) is 0.255. The number of nitrogens with zero attached hydrogens (tertiary/aromatic N) is 4. The van der Waals surface area contributed by atoms with Crippen molar-refractivity contribution in [2.75, 3.05) is 0 Å². The molecule has 36 heavy (non-hydrogen) atoms. The molecule has 0 aliphatic heterocycles. The second-order valence-corrected chi connectivity index (χ2v) is 9.23. The first-order valence-corrected chi connectivity index (χ1v) is 12.2. The fraction of sp³-hybridized carbons (Fsp3) is 0. The fourth-order valence-corrected chi connectivity index (χ4v) is 5.60. The number of hydrogen-bond donors (Lipinski definition) is 0. The number of rotatable bonds is 3. The van der Waals surface area contributed by atoms with Crippen molar-refractivity contribution >= 4 is 43.6 Å². The molecule has 0 fully saturated rings. The molecule has 0 N–H and O–H groups in total. The van der Waals surface area contributed by atoms with E-state index < -0.39 is 0 Å². The Morgan fingerprint density at radius 2 is 0.917 bits per heavy atom. The highest BCUT2D eigenvalue weighted by molar-refractivity contribution is 5.91. The van der Waals surface area contributed by atoms with E-state index in [-0.39, 0.29) is 0 Å². The Morgan fingerprint density at radius 1 is 0.389 bits per heavy atom. The molecule has 4 aromatic carbocycles. The molecule has 4 aromatic heterocycles. The predicted molar refractivity (Wildman–Crippen MR) is 148 cm³/mol. The second-order valence-electron chi connectivity index (χ2n) is 9.23. The first kappa shape index (κ1) is 19.4. The summed E-state index contributed by atoms with van der Waals surface area (Å²) >= 11 is 0. The number of aromatic nitrogens is 4. The van der Waals surface area contributed by atoms with Gasteiger partial charge in [0.05, 0.1) is 22.1 Å². The standard InChI is InChI=1S/C32H22N4/c1-5-13-27-23(9-1)17-19-33(27)31-21-25-11-3-7-15-29(25)35(31)32-22-26-12-4-8-16-30(26)36(32)34-20-18-24-10-2-6-14-28(24)34/h1-22H. The van der Waals surface area contributed by atoms with Crippen LogP contribution in [0.5, 0.6) is 0 Å². The lowest BCUT2D eigenvalue weighted by Crippen LogP contribution is -2.14. The summed E-state index contributed by atoms with van der Waals surface area (Å²) in [5.41, 5.74) is 4.70. The molecule has 4 heteroatoms. The predicted octanol–water partition coefficient (Wildman–Crippen LogP) is 7.80. The first-order valence-electron chi connectivity index (χ1n) is 12.2. The van der Waals surface area contributed by atoms with Gasteiger partial charge >= 0.3 is 0 Å². The van der Waals surface area contributed by atoms with Crippen LogP contribution in [-0.4, -0.2) is 18.5 Å². The molecule has 4 nitrogen and oxygen atoms in total. The van der Waals surface area contributed by atoms with Crippen LogP contribution in [0.15, 0.2) is 134 Å². The average molecular weight is 463 g/mol. The maximum Gasteiger partial charge on any atom is 0.140 e.